The lowest BCUT2D eigenvalue weighted by Crippen LogP contribution is -2.47. The van der Waals surface area contributed by atoms with Crippen LogP contribution in [0.1, 0.15) is 59.4 Å². The highest BCUT2D eigenvalue weighted by atomic mass is 16.6. The van der Waals surface area contributed by atoms with Crippen molar-refractivity contribution < 1.29 is 14.3 Å². The standard InChI is InChI=1S/C30H40N8O3/c1-7-16-31-26-23(13-9-8-10-17-32-27(39)22(2)37(6)29(40)41-30(3,4)5)21-33-28(36-26)35-24-14-11-15-25(20-24)38-19-12-18-34-38/h11-12,14-15,18-22H,7-8,10,16-17H2,1-6H3,(H,32,39)(H2,31,33,35,36)/t22-/m0/s1. The second kappa shape index (κ2) is 14.7. The quantitative estimate of drug-likeness (QED) is 0.227. The maximum atomic E-state index is 12.5. The lowest BCUT2D eigenvalue weighted by molar-refractivity contribution is -0.125. The number of carbonyl (C=O) groups is 2. The minimum atomic E-state index is -0.652. The molecule has 0 aliphatic heterocycles. The van der Waals surface area contributed by atoms with Crippen molar-refractivity contribution in [2.75, 3.05) is 30.8 Å². The molecule has 2 amide bonds. The van der Waals surface area contributed by atoms with E-state index in [0.717, 1.165) is 24.3 Å². The fourth-order valence-electron chi connectivity index (χ4n) is 3.55. The monoisotopic (exact) mass is 560 g/mol. The van der Waals surface area contributed by atoms with Crippen molar-refractivity contribution in [1.82, 2.24) is 30.0 Å². The van der Waals surface area contributed by atoms with E-state index in [-0.39, 0.29) is 5.91 Å². The molecule has 3 N–H and O–H groups in total. The normalized spacial score (nSPS) is 11.6. The molecule has 41 heavy (non-hydrogen) atoms. The van der Waals surface area contributed by atoms with E-state index >= 15 is 0 Å². The van der Waals surface area contributed by atoms with Crippen LogP contribution in [0.4, 0.5) is 22.2 Å². The molecular weight excluding hydrogens is 520 g/mol. The summed E-state index contributed by atoms with van der Waals surface area (Å²) in [7, 11) is 1.55. The van der Waals surface area contributed by atoms with Crippen molar-refractivity contribution in [3.05, 3.63) is 54.5 Å². The van der Waals surface area contributed by atoms with E-state index in [1.165, 1.54) is 4.90 Å². The smallest absolute Gasteiger partial charge is 0.410 e. The Morgan fingerprint density at radius 1 is 1.20 bits per heavy atom. The molecule has 0 bridgehead atoms. The topological polar surface area (TPSA) is 126 Å². The highest BCUT2D eigenvalue weighted by Gasteiger charge is 2.26. The van der Waals surface area contributed by atoms with Crippen LogP contribution >= 0.6 is 0 Å². The van der Waals surface area contributed by atoms with Gasteiger partial charge in [-0.15, -0.1) is 0 Å². The highest BCUT2D eigenvalue weighted by Crippen LogP contribution is 2.20. The van der Waals surface area contributed by atoms with Crippen LogP contribution in [0.5, 0.6) is 0 Å². The summed E-state index contributed by atoms with van der Waals surface area (Å²) in [6, 6.07) is 9.05. The van der Waals surface area contributed by atoms with Gasteiger partial charge in [-0.2, -0.15) is 10.1 Å². The van der Waals surface area contributed by atoms with Gasteiger partial charge in [-0.25, -0.2) is 14.5 Å². The van der Waals surface area contributed by atoms with Gasteiger partial charge in [0.2, 0.25) is 11.9 Å². The second-order valence-corrected chi connectivity index (χ2v) is 10.5. The van der Waals surface area contributed by atoms with Gasteiger partial charge in [-0.05, 0) is 64.8 Å². The van der Waals surface area contributed by atoms with Crippen molar-refractivity contribution in [3.63, 3.8) is 0 Å². The molecule has 1 atom stereocenters. The van der Waals surface area contributed by atoms with Crippen LogP contribution in [0, 0.1) is 11.8 Å². The van der Waals surface area contributed by atoms with E-state index in [4.69, 9.17) is 4.74 Å². The third-order valence-electron chi connectivity index (χ3n) is 5.85. The Morgan fingerprint density at radius 3 is 2.71 bits per heavy atom. The molecule has 3 aromatic rings. The van der Waals surface area contributed by atoms with Crippen molar-refractivity contribution in [2.24, 2.45) is 0 Å². The molecule has 11 heteroatoms. The molecule has 0 unspecified atom stereocenters. The van der Waals surface area contributed by atoms with Crippen LogP contribution in [0.15, 0.2) is 48.9 Å². The largest absolute Gasteiger partial charge is 0.444 e. The number of aromatic nitrogens is 4. The van der Waals surface area contributed by atoms with Crippen LogP contribution < -0.4 is 16.0 Å². The molecule has 1 aromatic carbocycles. The van der Waals surface area contributed by atoms with Gasteiger partial charge in [0.15, 0.2) is 0 Å². The third kappa shape index (κ3) is 9.83. The molecule has 0 aliphatic carbocycles. The van der Waals surface area contributed by atoms with Crippen LogP contribution in [0.25, 0.3) is 5.69 Å². The van der Waals surface area contributed by atoms with E-state index in [1.807, 2.05) is 36.5 Å². The zero-order chi connectivity index (χ0) is 29.8. The summed E-state index contributed by atoms with van der Waals surface area (Å²) in [5.74, 6) is 7.16. The molecule has 0 spiro atoms. The molecule has 2 heterocycles. The second-order valence-electron chi connectivity index (χ2n) is 10.5. The summed E-state index contributed by atoms with van der Waals surface area (Å²) in [6.45, 7) is 10.3. The Morgan fingerprint density at radius 2 is 2.00 bits per heavy atom. The summed E-state index contributed by atoms with van der Waals surface area (Å²) in [5, 5.41) is 13.7. The Hall–Kier alpha value is -4.59. The number of hydrogen-bond acceptors (Lipinski definition) is 8. The molecule has 2 aromatic heterocycles. The maximum Gasteiger partial charge on any atom is 0.410 e. The highest BCUT2D eigenvalue weighted by molar-refractivity contribution is 5.85. The van der Waals surface area contributed by atoms with E-state index in [1.54, 1.807) is 51.8 Å². The number of hydrogen-bond donors (Lipinski definition) is 3. The number of likely N-dealkylation sites (N-methyl/N-ethyl adjacent to an activating group) is 1. The van der Waals surface area contributed by atoms with Crippen molar-refractivity contribution in [1.29, 1.82) is 0 Å². The fraction of sp³-hybridized carbons (Fsp3) is 0.433. The Labute approximate surface area is 242 Å². The van der Waals surface area contributed by atoms with E-state index in [9.17, 15) is 9.59 Å². The number of carbonyl (C=O) groups excluding carboxylic acids is 2. The lowest BCUT2D eigenvalue weighted by atomic mass is 10.2. The first kappa shape index (κ1) is 30.9. The zero-order valence-electron chi connectivity index (χ0n) is 24.7. The Balaban J connectivity index is 1.54. The van der Waals surface area contributed by atoms with Gasteiger partial charge in [-0.3, -0.25) is 9.69 Å². The van der Waals surface area contributed by atoms with E-state index < -0.39 is 17.7 Å². The first-order chi connectivity index (χ1) is 19.6. The number of amides is 2. The van der Waals surface area contributed by atoms with Gasteiger partial charge in [0.05, 0.1) is 17.4 Å². The zero-order valence-corrected chi connectivity index (χ0v) is 24.7. The number of ether oxygens (including phenoxy) is 1. The average Bonchev–Trinajstić information content (AvgIpc) is 3.48. The van der Waals surface area contributed by atoms with Crippen molar-refractivity contribution >= 4 is 29.5 Å². The summed E-state index contributed by atoms with van der Waals surface area (Å²) < 4.78 is 7.11. The number of unbranched alkanes of at least 4 members (excludes halogenated alkanes) is 1. The predicted molar refractivity (Wildman–Crippen MR) is 160 cm³/mol. The minimum absolute atomic E-state index is 0.246. The predicted octanol–water partition coefficient (Wildman–Crippen LogP) is 4.73. The van der Waals surface area contributed by atoms with Crippen molar-refractivity contribution in [3.8, 4) is 17.5 Å². The van der Waals surface area contributed by atoms with Gasteiger partial charge in [0, 0.05) is 44.6 Å². The number of nitrogens with zero attached hydrogens (tertiary/aromatic N) is 5. The number of nitrogens with one attached hydrogen (secondary N) is 3. The Kier molecular flexibility index (Phi) is 11.1. The van der Waals surface area contributed by atoms with E-state index in [0.29, 0.717) is 36.7 Å². The van der Waals surface area contributed by atoms with Gasteiger partial charge >= 0.3 is 6.09 Å². The summed E-state index contributed by atoms with van der Waals surface area (Å²) in [4.78, 5) is 35.1. The van der Waals surface area contributed by atoms with Crippen molar-refractivity contribution in [2.45, 2.75) is 65.5 Å². The summed E-state index contributed by atoms with van der Waals surface area (Å²) in [6.07, 6.45) is 6.95. The summed E-state index contributed by atoms with van der Waals surface area (Å²) >= 11 is 0. The molecule has 218 valence electrons. The van der Waals surface area contributed by atoms with Crippen LogP contribution in [-0.2, 0) is 9.53 Å². The molecule has 0 saturated carbocycles. The van der Waals surface area contributed by atoms with Gasteiger partial charge in [-0.1, -0.05) is 24.8 Å². The minimum Gasteiger partial charge on any atom is -0.444 e. The number of rotatable bonds is 11. The van der Waals surface area contributed by atoms with Gasteiger partial charge < -0.3 is 20.7 Å². The van der Waals surface area contributed by atoms with Crippen LogP contribution in [0.3, 0.4) is 0 Å². The van der Waals surface area contributed by atoms with Crippen LogP contribution in [0.2, 0.25) is 0 Å². The molecule has 0 radical (unpaired) electrons. The molecule has 11 nitrogen and oxygen atoms in total. The molecule has 0 aliphatic rings. The Bertz CT molecular complexity index is 1360. The first-order valence-electron chi connectivity index (χ1n) is 13.8. The molecule has 0 fully saturated rings. The lowest BCUT2D eigenvalue weighted by Gasteiger charge is -2.28. The van der Waals surface area contributed by atoms with E-state index in [2.05, 4.69) is 49.8 Å². The van der Waals surface area contributed by atoms with Gasteiger partial charge in [0.1, 0.15) is 17.5 Å². The molecule has 0 saturated heterocycles. The average molecular weight is 561 g/mol. The summed E-state index contributed by atoms with van der Waals surface area (Å²) in [5.41, 5.74) is 1.84. The maximum absolute atomic E-state index is 12.5. The molecule has 3 rings (SSSR count). The SMILES string of the molecule is CCCNc1nc(Nc2cccc(-n3cccn3)c2)ncc1C#CCCCNC(=O)[C@H](C)N(C)C(=O)OC(C)(C)C. The third-order valence-corrected chi connectivity index (χ3v) is 5.85. The van der Waals surface area contributed by atoms with Gasteiger partial charge in [0.25, 0.3) is 0 Å². The first-order valence-corrected chi connectivity index (χ1v) is 13.8. The fourth-order valence-corrected chi connectivity index (χ4v) is 3.55. The number of benzene rings is 1. The number of anilines is 3. The van der Waals surface area contributed by atoms with Crippen LogP contribution in [-0.4, -0.2) is 68.4 Å². The molecular formula is C30H40N8O3.